The molecule has 3 heterocycles. The highest BCUT2D eigenvalue weighted by Gasteiger charge is 2.12. The Balaban J connectivity index is 1.54. The monoisotopic (exact) mass is 292 g/mol. The highest BCUT2D eigenvalue weighted by Crippen LogP contribution is 2.09. The summed E-state index contributed by atoms with van der Waals surface area (Å²) in [7, 11) is 0. The second kappa shape index (κ2) is 6.23. The van der Waals surface area contributed by atoms with Crippen molar-refractivity contribution in [2.45, 2.75) is 25.9 Å². The molecule has 114 valence electrons. The number of nitrogens with one attached hydrogen (secondary N) is 3. The molecule has 0 unspecified atom stereocenters. The largest absolute Gasteiger partial charge is 0.376 e. The fourth-order valence-corrected chi connectivity index (χ4v) is 2.55. The van der Waals surface area contributed by atoms with Crippen molar-refractivity contribution >= 4 is 11.5 Å². The molecular formula is C13H20N6O2. The molecule has 8 heteroatoms. The highest BCUT2D eigenvalue weighted by molar-refractivity contribution is 5.49. The maximum atomic E-state index is 11.5. The molecule has 8 nitrogen and oxygen atoms in total. The van der Waals surface area contributed by atoms with E-state index in [9.17, 15) is 4.79 Å². The first-order valence-electron chi connectivity index (χ1n) is 7.25. The number of ether oxygens (including phenoxy) is 1. The highest BCUT2D eigenvalue weighted by atomic mass is 16.5. The average Bonchev–Trinajstić information content (AvgIpc) is 2.87. The SMILES string of the molecule is Cc1nc(NCCOC2CCNCC2)cc2n[nH]c(=O)n12. The van der Waals surface area contributed by atoms with Gasteiger partial charge in [-0.2, -0.15) is 5.10 Å². The van der Waals surface area contributed by atoms with Crippen molar-refractivity contribution in [1.29, 1.82) is 0 Å². The summed E-state index contributed by atoms with van der Waals surface area (Å²) in [5.74, 6) is 1.31. The first-order valence-corrected chi connectivity index (χ1v) is 7.25. The van der Waals surface area contributed by atoms with Crippen LogP contribution in [0.4, 0.5) is 5.82 Å². The van der Waals surface area contributed by atoms with Gasteiger partial charge in [-0.05, 0) is 32.9 Å². The van der Waals surface area contributed by atoms with Crippen LogP contribution in [0.1, 0.15) is 18.7 Å². The van der Waals surface area contributed by atoms with Gasteiger partial charge in [-0.25, -0.2) is 19.3 Å². The normalized spacial score (nSPS) is 16.4. The number of aromatic amines is 1. The quantitative estimate of drug-likeness (QED) is 0.666. The van der Waals surface area contributed by atoms with E-state index in [0.29, 0.717) is 36.5 Å². The van der Waals surface area contributed by atoms with E-state index in [-0.39, 0.29) is 5.69 Å². The van der Waals surface area contributed by atoms with Crippen molar-refractivity contribution in [2.75, 3.05) is 31.6 Å². The van der Waals surface area contributed by atoms with E-state index in [2.05, 4.69) is 25.8 Å². The van der Waals surface area contributed by atoms with E-state index in [0.717, 1.165) is 25.9 Å². The maximum absolute atomic E-state index is 11.5. The number of anilines is 1. The Bertz CT molecular complexity index is 658. The number of nitrogens with zero attached hydrogens (tertiary/aromatic N) is 3. The zero-order valence-corrected chi connectivity index (χ0v) is 12.1. The molecule has 3 rings (SSSR count). The van der Waals surface area contributed by atoms with Crippen LogP contribution >= 0.6 is 0 Å². The molecule has 1 fully saturated rings. The van der Waals surface area contributed by atoms with Crippen LogP contribution in [-0.2, 0) is 4.74 Å². The molecule has 0 amide bonds. The lowest BCUT2D eigenvalue weighted by Gasteiger charge is -2.23. The Morgan fingerprint density at radius 3 is 3.10 bits per heavy atom. The lowest BCUT2D eigenvalue weighted by Crippen LogP contribution is -2.33. The van der Waals surface area contributed by atoms with Gasteiger partial charge >= 0.3 is 5.69 Å². The number of aryl methyl sites for hydroxylation is 1. The summed E-state index contributed by atoms with van der Waals surface area (Å²) in [6.07, 6.45) is 2.49. The summed E-state index contributed by atoms with van der Waals surface area (Å²) < 4.78 is 7.26. The fourth-order valence-electron chi connectivity index (χ4n) is 2.55. The van der Waals surface area contributed by atoms with E-state index in [1.807, 2.05) is 0 Å². The summed E-state index contributed by atoms with van der Waals surface area (Å²) in [5.41, 5.74) is 0.296. The first kappa shape index (κ1) is 14.0. The van der Waals surface area contributed by atoms with Crippen molar-refractivity contribution in [3.8, 4) is 0 Å². The van der Waals surface area contributed by atoms with Gasteiger partial charge in [0.1, 0.15) is 11.6 Å². The van der Waals surface area contributed by atoms with Gasteiger partial charge in [0.05, 0.1) is 12.7 Å². The minimum atomic E-state index is -0.268. The topological polar surface area (TPSA) is 96.3 Å². The minimum absolute atomic E-state index is 0.268. The van der Waals surface area contributed by atoms with Crippen LogP contribution in [0.15, 0.2) is 10.9 Å². The predicted octanol–water partition coefficient (Wildman–Crippen LogP) is -0.0935. The van der Waals surface area contributed by atoms with Crippen molar-refractivity contribution < 1.29 is 4.74 Å². The molecule has 3 N–H and O–H groups in total. The summed E-state index contributed by atoms with van der Waals surface area (Å²) in [4.78, 5) is 15.9. The smallest absolute Gasteiger partial charge is 0.349 e. The lowest BCUT2D eigenvalue weighted by atomic mass is 10.1. The second-order valence-corrected chi connectivity index (χ2v) is 5.16. The molecule has 0 aromatic carbocycles. The fraction of sp³-hybridized carbons (Fsp3) is 0.615. The number of piperidine rings is 1. The average molecular weight is 292 g/mol. The summed E-state index contributed by atoms with van der Waals surface area (Å²) in [6, 6.07) is 1.75. The first-order chi connectivity index (χ1) is 10.2. The summed E-state index contributed by atoms with van der Waals surface area (Å²) in [5, 5.41) is 12.9. The summed E-state index contributed by atoms with van der Waals surface area (Å²) >= 11 is 0. The van der Waals surface area contributed by atoms with Gasteiger partial charge in [0.25, 0.3) is 0 Å². The second-order valence-electron chi connectivity index (χ2n) is 5.16. The van der Waals surface area contributed by atoms with Crippen molar-refractivity contribution in [3.05, 3.63) is 22.4 Å². The van der Waals surface area contributed by atoms with Crippen molar-refractivity contribution in [2.24, 2.45) is 0 Å². The predicted molar refractivity (Wildman–Crippen MR) is 78.7 cm³/mol. The van der Waals surface area contributed by atoms with Crippen LogP contribution < -0.4 is 16.3 Å². The molecule has 1 saturated heterocycles. The Labute approximate surface area is 121 Å². The molecule has 0 saturated carbocycles. The van der Waals surface area contributed by atoms with Gasteiger partial charge in [0, 0.05) is 12.6 Å². The van der Waals surface area contributed by atoms with Crippen LogP contribution in [0.3, 0.4) is 0 Å². The van der Waals surface area contributed by atoms with Gasteiger partial charge in [0.15, 0.2) is 5.65 Å². The van der Waals surface area contributed by atoms with E-state index in [1.54, 1.807) is 13.0 Å². The van der Waals surface area contributed by atoms with E-state index < -0.39 is 0 Å². The van der Waals surface area contributed by atoms with Crippen molar-refractivity contribution in [1.82, 2.24) is 24.9 Å². The van der Waals surface area contributed by atoms with Crippen LogP contribution in [0.25, 0.3) is 5.65 Å². The van der Waals surface area contributed by atoms with Gasteiger partial charge < -0.3 is 15.4 Å². The van der Waals surface area contributed by atoms with E-state index >= 15 is 0 Å². The van der Waals surface area contributed by atoms with Crippen molar-refractivity contribution in [3.63, 3.8) is 0 Å². The van der Waals surface area contributed by atoms with Gasteiger partial charge in [0.2, 0.25) is 0 Å². The molecule has 0 bridgehead atoms. The zero-order chi connectivity index (χ0) is 14.7. The van der Waals surface area contributed by atoms with Gasteiger partial charge in [-0.15, -0.1) is 0 Å². The van der Waals surface area contributed by atoms with E-state index in [4.69, 9.17) is 4.74 Å². The number of hydrogen-bond acceptors (Lipinski definition) is 6. The molecule has 2 aromatic rings. The van der Waals surface area contributed by atoms with Crippen LogP contribution in [0.5, 0.6) is 0 Å². The number of rotatable bonds is 5. The molecule has 0 spiro atoms. The standard InChI is InChI=1S/C13H20N6O2/c1-9-16-11(8-12-17-18-13(20)19(9)12)15-6-7-21-10-2-4-14-5-3-10/h8,10,14-15H,2-7H2,1H3,(H,18,20). The third kappa shape index (κ3) is 3.22. The van der Waals surface area contributed by atoms with Gasteiger partial charge in [-0.3, -0.25) is 0 Å². The Morgan fingerprint density at radius 1 is 1.48 bits per heavy atom. The molecular weight excluding hydrogens is 272 g/mol. The van der Waals surface area contributed by atoms with Gasteiger partial charge in [-0.1, -0.05) is 0 Å². The molecule has 1 aliphatic heterocycles. The molecule has 1 aliphatic rings. The van der Waals surface area contributed by atoms with Crippen LogP contribution in [0, 0.1) is 6.92 Å². The van der Waals surface area contributed by atoms with E-state index in [1.165, 1.54) is 4.40 Å². The minimum Gasteiger partial charge on any atom is -0.376 e. The Hall–Kier alpha value is -1.93. The zero-order valence-electron chi connectivity index (χ0n) is 12.1. The Morgan fingerprint density at radius 2 is 2.29 bits per heavy atom. The molecule has 0 radical (unpaired) electrons. The summed E-state index contributed by atoms with van der Waals surface area (Å²) in [6.45, 7) is 5.17. The third-order valence-corrected chi connectivity index (χ3v) is 3.62. The molecule has 21 heavy (non-hydrogen) atoms. The van der Waals surface area contributed by atoms with Crippen LogP contribution in [-0.4, -0.2) is 51.9 Å². The molecule has 0 aliphatic carbocycles. The lowest BCUT2D eigenvalue weighted by molar-refractivity contribution is 0.0394. The number of fused-ring (bicyclic) bond motifs is 1. The third-order valence-electron chi connectivity index (χ3n) is 3.62. The Kier molecular flexibility index (Phi) is 4.16. The number of hydrogen-bond donors (Lipinski definition) is 3. The maximum Gasteiger partial charge on any atom is 0.349 e. The molecule has 0 atom stereocenters. The number of aromatic nitrogens is 4. The molecule has 2 aromatic heterocycles. The van der Waals surface area contributed by atoms with Crippen LogP contribution in [0.2, 0.25) is 0 Å². The number of H-pyrrole nitrogens is 1.